The molecule has 2 aromatic heterocycles. The van der Waals surface area contributed by atoms with Gasteiger partial charge in [0.15, 0.2) is 5.69 Å². The minimum absolute atomic E-state index is 0.0527. The molecule has 0 spiro atoms. The van der Waals surface area contributed by atoms with Crippen LogP contribution in [0.2, 0.25) is 0 Å². The Balaban J connectivity index is 1.25. The first-order valence-corrected chi connectivity index (χ1v) is 18.0. The van der Waals surface area contributed by atoms with Gasteiger partial charge < -0.3 is 20.1 Å². The van der Waals surface area contributed by atoms with Gasteiger partial charge in [-0.15, -0.1) is 0 Å². The molecule has 2 aromatic carbocycles. The SMILES string of the molecule is Cc1cccc(C)c1-c1cc(OCC(CC2(C)CC2)NCc2cnc3c(n2)C(=O)N(C(C)C)C3)nc(NS(=O)(=O)c2cccc(C(=O)O)c2)n1. The summed E-state index contributed by atoms with van der Waals surface area (Å²) in [7, 11) is -4.25. The highest BCUT2D eigenvalue weighted by atomic mass is 32.2. The molecule has 1 aliphatic heterocycles. The predicted molar refractivity (Wildman–Crippen MR) is 186 cm³/mol. The standard InChI is InChI=1S/C36H41N7O6S/c1-21(2)43-19-29-32(33(43)44)39-26(18-38-29)17-37-25(16-36(5)12-13-36)20-49-30-15-28(31-22(3)8-6-9-23(31)4)40-35(41-30)42-50(47,48)27-11-7-10-24(14-27)34(45)46/h6-11,14-15,18,21,25,37H,12-13,16-17,19-20H2,1-5H3,(H,45,46)(H,40,41,42). The number of rotatable bonds is 14. The fourth-order valence-corrected chi connectivity index (χ4v) is 7.10. The fourth-order valence-electron chi connectivity index (χ4n) is 6.11. The van der Waals surface area contributed by atoms with Crippen LogP contribution in [-0.4, -0.2) is 68.9 Å². The molecule has 50 heavy (non-hydrogen) atoms. The third-order valence-electron chi connectivity index (χ3n) is 9.21. The molecular formula is C36H41N7O6S. The van der Waals surface area contributed by atoms with Crippen molar-refractivity contribution in [3.05, 3.63) is 88.5 Å². The van der Waals surface area contributed by atoms with Gasteiger partial charge in [-0.05, 0) is 81.7 Å². The zero-order valence-electron chi connectivity index (χ0n) is 28.7. The highest BCUT2D eigenvalue weighted by molar-refractivity contribution is 7.92. The van der Waals surface area contributed by atoms with Gasteiger partial charge in [-0.25, -0.2) is 27.9 Å². The molecule has 3 N–H and O–H groups in total. The predicted octanol–water partition coefficient (Wildman–Crippen LogP) is 5.14. The van der Waals surface area contributed by atoms with Gasteiger partial charge in [0.25, 0.3) is 15.9 Å². The Bertz CT molecular complexity index is 2050. The number of hydrogen-bond acceptors (Lipinski definition) is 10. The summed E-state index contributed by atoms with van der Waals surface area (Å²) in [5.74, 6) is -1.41. The molecule has 13 nitrogen and oxygen atoms in total. The maximum atomic E-state index is 13.4. The molecular weight excluding hydrogens is 659 g/mol. The number of aryl methyl sites for hydroxylation is 2. The fraction of sp³-hybridized carbons (Fsp3) is 0.389. The number of carboxylic acids is 1. The summed E-state index contributed by atoms with van der Waals surface area (Å²) in [6.45, 7) is 11.1. The van der Waals surface area contributed by atoms with Crippen molar-refractivity contribution in [1.29, 1.82) is 0 Å². The number of amides is 1. The molecule has 14 heteroatoms. The van der Waals surface area contributed by atoms with Crippen LogP contribution < -0.4 is 14.8 Å². The lowest BCUT2D eigenvalue weighted by Crippen LogP contribution is -2.36. The van der Waals surface area contributed by atoms with Gasteiger partial charge in [0.2, 0.25) is 11.8 Å². The second-order valence-corrected chi connectivity index (χ2v) is 15.4. The van der Waals surface area contributed by atoms with Crippen molar-refractivity contribution in [3.63, 3.8) is 0 Å². The van der Waals surface area contributed by atoms with E-state index in [9.17, 15) is 23.1 Å². The Labute approximate surface area is 291 Å². The van der Waals surface area contributed by atoms with Crippen LogP contribution in [0.3, 0.4) is 0 Å². The van der Waals surface area contributed by atoms with Gasteiger partial charge in [-0.3, -0.25) is 9.78 Å². The van der Waals surface area contributed by atoms with Crippen LogP contribution in [0.4, 0.5) is 5.95 Å². The Kier molecular flexibility index (Phi) is 9.60. The number of ether oxygens (including phenoxy) is 1. The summed E-state index contributed by atoms with van der Waals surface area (Å²) >= 11 is 0. The molecule has 1 atom stereocenters. The average molecular weight is 700 g/mol. The molecule has 1 fully saturated rings. The van der Waals surface area contributed by atoms with E-state index in [4.69, 9.17) is 4.74 Å². The molecule has 3 heterocycles. The minimum Gasteiger partial charge on any atom is -0.478 e. The molecule has 0 radical (unpaired) electrons. The Morgan fingerprint density at radius 1 is 1.06 bits per heavy atom. The van der Waals surface area contributed by atoms with Crippen LogP contribution in [-0.2, 0) is 23.1 Å². The molecule has 0 bridgehead atoms. The normalized spacial score (nSPS) is 15.6. The van der Waals surface area contributed by atoms with Crippen molar-refractivity contribution in [3.8, 4) is 17.1 Å². The van der Waals surface area contributed by atoms with E-state index in [2.05, 4.69) is 36.9 Å². The number of nitrogens with zero attached hydrogens (tertiary/aromatic N) is 5. The van der Waals surface area contributed by atoms with E-state index in [0.29, 0.717) is 35.9 Å². The summed E-state index contributed by atoms with van der Waals surface area (Å²) in [5.41, 5.74) is 4.87. The first kappa shape index (κ1) is 34.9. The molecule has 1 saturated carbocycles. The maximum absolute atomic E-state index is 13.4. The van der Waals surface area contributed by atoms with Gasteiger partial charge in [-0.2, -0.15) is 4.98 Å². The second-order valence-electron chi connectivity index (χ2n) is 13.7. The number of hydrogen-bond donors (Lipinski definition) is 3. The lowest BCUT2D eigenvalue weighted by Gasteiger charge is -2.22. The van der Waals surface area contributed by atoms with Crippen LogP contribution in [0.1, 0.15) is 83.4 Å². The summed E-state index contributed by atoms with van der Waals surface area (Å²) in [6.07, 6.45) is 4.72. The van der Waals surface area contributed by atoms with Crippen molar-refractivity contribution in [2.75, 3.05) is 11.3 Å². The lowest BCUT2D eigenvalue weighted by atomic mass is 9.99. The third-order valence-corrected chi connectivity index (χ3v) is 10.5. The number of carbonyl (C=O) groups is 2. The van der Waals surface area contributed by atoms with Crippen molar-refractivity contribution in [2.45, 2.75) is 83.9 Å². The van der Waals surface area contributed by atoms with Crippen molar-refractivity contribution in [1.82, 2.24) is 30.2 Å². The van der Waals surface area contributed by atoms with E-state index in [1.165, 1.54) is 18.2 Å². The monoisotopic (exact) mass is 699 g/mol. The number of benzene rings is 2. The van der Waals surface area contributed by atoms with E-state index >= 15 is 0 Å². The highest BCUT2D eigenvalue weighted by Gasteiger charge is 2.39. The number of carboxylic acid groups (broad SMARTS) is 1. The summed E-state index contributed by atoms with van der Waals surface area (Å²) in [4.78, 5) is 44.1. The van der Waals surface area contributed by atoms with Crippen molar-refractivity contribution < 1.29 is 27.9 Å². The number of fused-ring (bicyclic) bond motifs is 1. The topological polar surface area (TPSA) is 177 Å². The van der Waals surface area contributed by atoms with Crippen LogP contribution in [0.25, 0.3) is 11.3 Å². The van der Waals surface area contributed by atoms with Gasteiger partial charge >= 0.3 is 5.97 Å². The molecule has 0 saturated heterocycles. The smallest absolute Gasteiger partial charge is 0.335 e. The Morgan fingerprint density at radius 3 is 2.46 bits per heavy atom. The number of sulfonamides is 1. The largest absolute Gasteiger partial charge is 0.478 e. The number of nitrogens with one attached hydrogen (secondary N) is 2. The molecule has 6 rings (SSSR count). The number of carbonyl (C=O) groups excluding carboxylic acids is 1. The zero-order valence-corrected chi connectivity index (χ0v) is 29.5. The molecule has 2 aliphatic rings. The average Bonchev–Trinajstić information content (AvgIpc) is 3.70. The highest BCUT2D eigenvalue weighted by Crippen LogP contribution is 2.49. The first-order valence-electron chi connectivity index (χ1n) is 16.6. The van der Waals surface area contributed by atoms with E-state index in [0.717, 1.165) is 42.0 Å². The summed E-state index contributed by atoms with van der Waals surface area (Å²) in [5, 5.41) is 12.9. The minimum atomic E-state index is -4.25. The van der Waals surface area contributed by atoms with Gasteiger partial charge in [0, 0.05) is 30.3 Å². The van der Waals surface area contributed by atoms with Gasteiger partial charge in [0.1, 0.15) is 6.61 Å². The van der Waals surface area contributed by atoms with Gasteiger partial charge in [-0.1, -0.05) is 31.2 Å². The molecule has 262 valence electrons. The lowest BCUT2D eigenvalue weighted by molar-refractivity contribution is 0.0694. The third kappa shape index (κ3) is 7.76. The summed E-state index contributed by atoms with van der Waals surface area (Å²) in [6, 6.07) is 12.5. The maximum Gasteiger partial charge on any atom is 0.335 e. The van der Waals surface area contributed by atoms with Crippen molar-refractivity contribution >= 4 is 27.8 Å². The Hall–Kier alpha value is -4.95. The number of aromatic carboxylic acids is 1. The van der Waals surface area contributed by atoms with E-state index in [1.807, 2.05) is 45.9 Å². The first-order chi connectivity index (χ1) is 23.7. The molecule has 1 unspecified atom stereocenters. The van der Waals surface area contributed by atoms with Gasteiger partial charge in [0.05, 0.1) is 40.3 Å². The molecule has 1 amide bonds. The number of aromatic nitrogens is 4. The molecule has 4 aromatic rings. The van der Waals surface area contributed by atoms with Crippen LogP contribution >= 0.6 is 0 Å². The quantitative estimate of drug-likeness (QED) is 0.159. The zero-order chi connectivity index (χ0) is 35.8. The van der Waals surface area contributed by atoms with Crippen LogP contribution in [0, 0.1) is 19.3 Å². The summed E-state index contributed by atoms with van der Waals surface area (Å²) < 4.78 is 35.5. The second kappa shape index (κ2) is 13.8. The van der Waals surface area contributed by atoms with Crippen LogP contribution in [0.15, 0.2) is 59.6 Å². The van der Waals surface area contributed by atoms with E-state index in [1.54, 1.807) is 17.2 Å². The van der Waals surface area contributed by atoms with E-state index < -0.39 is 16.0 Å². The number of anilines is 1. The Morgan fingerprint density at radius 2 is 1.78 bits per heavy atom. The van der Waals surface area contributed by atoms with E-state index in [-0.39, 0.29) is 52.3 Å². The molecule has 1 aliphatic carbocycles. The van der Waals surface area contributed by atoms with Crippen molar-refractivity contribution in [2.24, 2.45) is 5.41 Å². The van der Waals surface area contributed by atoms with Crippen LogP contribution in [0.5, 0.6) is 5.88 Å².